The topological polar surface area (TPSA) is 69.6 Å². The average Bonchev–Trinajstić information content (AvgIpc) is 3.33. The summed E-state index contributed by atoms with van der Waals surface area (Å²) in [7, 11) is 1.84. The molecule has 1 aromatic carbocycles. The first kappa shape index (κ1) is 16.6. The van der Waals surface area contributed by atoms with Gasteiger partial charge in [0.2, 0.25) is 0 Å². The minimum atomic E-state index is -1.86. The molecule has 0 N–H and O–H groups in total. The normalized spacial score (nSPS) is 13.8. The molecule has 6 nitrogen and oxygen atoms in total. The second kappa shape index (κ2) is 5.95. The molecule has 138 valence electrons. The van der Waals surface area contributed by atoms with Crippen molar-refractivity contribution >= 4 is 22.0 Å². The summed E-state index contributed by atoms with van der Waals surface area (Å²) in [6, 6.07) is 10.9. The molecule has 0 spiro atoms. The maximum Gasteiger partial charge on any atom is 0.258 e. The van der Waals surface area contributed by atoms with Crippen LogP contribution >= 0.6 is 0 Å². The molecule has 5 aromatic rings. The second-order valence-electron chi connectivity index (χ2n) is 6.92. The van der Waals surface area contributed by atoms with E-state index in [1.807, 2.05) is 37.5 Å². The smallest absolute Gasteiger partial charge is 0.258 e. The van der Waals surface area contributed by atoms with Gasteiger partial charge in [-0.15, -0.1) is 0 Å². The van der Waals surface area contributed by atoms with Gasteiger partial charge in [-0.1, -0.05) is 17.3 Å². The van der Waals surface area contributed by atoms with Crippen LogP contribution in [-0.4, -0.2) is 24.9 Å². The molecule has 0 saturated heterocycles. The van der Waals surface area contributed by atoms with Crippen LogP contribution in [-0.2, 0) is 12.7 Å². The number of hydrogen-bond acceptors (Lipinski definition) is 5. The van der Waals surface area contributed by atoms with E-state index in [0.29, 0.717) is 16.7 Å². The third kappa shape index (κ3) is 2.55. The lowest BCUT2D eigenvalue weighted by atomic mass is 9.91. The lowest BCUT2D eigenvalue weighted by Crippen LogP contribution is -2.18. The van der Waals surface area contributed by atoms with E-state index in [1.54, 1.807) is 35.4 Å². The van der Waals surface area contributed by atoms with Gasteiger partial charge in [-0.25, -0.2) is 9.37 Å². The highest BCUT2D eigenvalue weighted by atomic mass is 19.1. The van der Waals surface area contributed by atoms with Crippen LogP contribution in [0, 0.1) is 0 Å². The zero-order valence-electron chi connectivity index (χ0n) is 15.3. The summed E-state index contributed by atoms with van der Waals surface area (Å²) < 4.78 is 23.0. The number of alkyl halides is 1. The van der Waals surface area contributed by atoms with Gasteiger partial charge in [0.15, 0.2) is 5.67 Å². The van der Waals surface area contributed by atoms with E-state index < -0.39 is 5.67 Å². The summed E-state index contributed by atoms with van der Waals surface area (Å²) >= 11 is 0. The van der Waals surface area contributed by atoms with Crippen molar-refractivity contribution in [2.45, 2.75) is 12.6 Å². The van der Waals surface area contributed by atoms with Crippen LogP contribution in [0.5, 0.6) is 0 Å². The summed E-state index contributed by atoms with van der Waals surface area (Å²) in [5.41, 5.74) is 1.65. The predicted molar refractivity (Wildman–Crippen MR) is 103 cm³/mol. The maximum absolute atomic E-state index is 16.0. The molecular formula is C21H16FN5O. The van der Waals surface area contributed by atoms with Crippen molar-refractivity contribution in [2.75, 3.05) is 0 Å². The van der Waals surface area contributed by atoms with Gasteiger partial charge in [-0.05, 0) is 36.8 Å². The fourth-order valence-electron chi connectivity index (χ4n) is 3.40. The van der Waals surface area contributed by atoms with E-state index >= 15 is 4.39 Å². The third-order valence-electron chi connectivity index (χ3n) is 4.96. The van der Waals surface area contributed by atoms with Crippen molar-refractivity contribution in [3.05, 3.63) is 72.4 Å². The summed E-state index contributed by atoms with van der Waals surface area (Å²) in [4.78, 5) is 8.59. The van der Waals surface area contributed by atoms with Gasteiger partial charge in [-0.3, -0.25) is 9.67 Å². The second-order valence-corrected chi connectivity index (χ2v) is 6.92. The minimum Gasteiger partial charge on any atom is -0.335 e. The molecule has 1 unspecified atom stereocenters. The molecule has 4 aromatic heterocycles. The van der Waals surface area contributed by atoms with Gasteiger partial charge >= 0.3 is 0 Å². The van der Waals surface area contributed by atoms with Gasteiger partial charge in [-0.2, -0.15) is 5.10 Å². The van der Waals surface area contributed by atoms with E-state index in [4.69, 9.17) is 4.52 Å². The molecule has 7 heteroatoms. The van der Waals surface area contributed by atoms with Gasteiger partial charge < -0.3 is 4.52 Å². The fourth-order valence-corrected chi connectivity index (χ4v) is 3.40. The van der Waals surface area contributed by atoms with Crippen molar-refractivity contribution in [3.63, 3.8) is 0 Å². The quantitative estimate of drug-likeness (QED) is 0.469. The SMILES string of the molecule is Cn1cc(-c2cnc3onc(C(C)(F)c4ccc5ncccc5c4)c3c2)cn1. The number of pyridine rings is 2. The molecule has 1 atom stereocenters. The Morgan fingerprint density at radius 1 is 1.07 bits per heavy atom. The highest BCUT2D eigenvalue weighted by Gasteiger charge is 2.34. The van der Waals surface area contributed by atoms with Crippen molar-refractivity contribution in [2.24, 2.45) is 7.05 Å². The number of nitrogens with zero attached hydrogens (tertiary/aromatic N) is 5. The van der Waals surface area contributed by atoms with Crippen LogP contribution in [0.3, 0.4) is 0 Å². The maximum atomic E-state index is 16.0. The summed E-state index contributed by atoms with van der Waals surface area (Å²) in [5, 5.41) is 9.60. The Bertz CT molecular complexity index is 1320. The first-order valence-electron chi connectivity index (χ1n) is 8.81. The zero-order valence-corrected chi connectivity index (χ0v) is 15.3. The number of aromatic nitrogens is 5. The van der Waals surface area contributed by atoms with Gasteiger partial charge in [0.05, 0.1) is 17.1 Å². The molecule has 28 heavy (non-hydrogen) atoms. The first-order valence-corrected chi connectivity index (χ1v) is 8.81. The summed E-state index contributed by atoms with van der Waals surface area (Å²) in [6.07, 6.45) is 7.00. The Kier molecular flexibility index (Phi) is 3.52. The monoisotopic (exact) mass is 373 g/mol. The Labute approximate surface area is 159 Å². The van der Waals surface area contributed by atoms with Crippen molar-refractivity contribution < 1.29 is 8.91 Å². The van der Waals surface area contributed by atoms with Crippen LogP contribution < -0.4 is 0 Å². The summed E-state index contributed by atoms with van der Waals surface area (Å²) in [5.74, 6) is 0. The third-order valence-corrected chi connectivity index (χ3v) is 4.96. The highest BCUT2D eigenvalue weighted by Crippen LogP contribution is 2.38. The Morgan fingerprint density at radius 2 is 1.96 bits per heavy atom. The minimum absolute atomic E-state index is 0.198. The van der Waals surface area contributed by atoms with Crippen molar-refractivity contribution in [3.8, 4) is 11.1 Å². The van der Waals surface area contributed by atoms with Gasteiger partial charge in [0.1, 0.15) is 5.69 Å². The van der Waals surface area contributed by atoms with Crippen LogP contribution in [0.4, 0.5) is 4.39 Å². The number of rotatable bonds is 3. The van der Waals surface area contributed by atoms with Crippen molar-refractivity contribution in [1.29, 1.82) is 0 Å². The highest BCUT2D eigenvalue weighted by molar-refractivity contribution is 5.84. The molecular weight excluding hydrogens is 357 g/mol. The number of halogens is 1. The van der Waals surface area contributed by atoms with Crippen molar-refractivity contribution in [1.82, 2.24) is 24.9 Å². The lowest BCUT2D eigenvalue weighted by Gasteiger charge is -2.19. The number of hydrogen-bond donors (Lipinski definition) is 0. The van der Waals surface area contributed by atoms with E-state index in [1.165, 1.54) is 6.92 Å². The van der Waals surface area contributed by atoms with Crippen LogP contribution in [0.25, 0.3) is 33.1 Å². The molecule has 0 aliphatic carbocycles. The molecule has 0 saturated carbocycles. The number of fused-ring (bicyclic) bond motifs is 2. The van der Waals surface area contributed by atoms with Crippen LogP contribution in [0.1, 0.15) is 18.2 Å². The number of benzene rings is 1. The Morgan fingerprint density at radius 3 is 2.79 bits per heavy atom. The first-order chi connectivity index (χ1) is 13.5. The predicted octanol–water partition coefficient (Wildman–Crippen LogP) is 4.40. The van der Waals surface area contributed by atoms with E-state index in [9.17, 15) is 0 Å². The average molecular weight is 373 g/mol. The Hall–Kier alpha value is -3.61. The van der Waals surface area contributed by atoms with Gasteiger partial charge in [0, 0.05) is 42.2 Å². The zero-order chi connectivity index (χ0) is 19.3. The standard InChI is InChI=1S/C21H16FN5O/c1-21(22,16-5-6-18-13(8-16)4-3-7-23-18)19-17-9-14(10-24-20(17)28-26-19)15-11-25-27(2)12-15/h3-12H,1-2H3. The molecule has 4 heterocycles. The largest absolute Gasteiger partial charge is 0.335 e. The molecule has 0 aliphatic rings. The molecule has 0 fully saturated rings. The van der Waals surface area contributed by atoms with E-state index in [-0.39, 0.29) is 5.69 Å². The molecule has 0 amide bonds. The lowest BCUT2D eigenvalue weighted by molar-refractivity contribution is 0.235. The van der Waals surface area contributed by atoms with Crippen LogP contribution in [0.2, 0.25) is 0 Å². The molecule has 0 bridgehead atoms. The van der Waals surface area contributed by atoms with E-state index in [0.717, 1.165) is 22.0 Å². The Balaban J connectivity index is 1.65. The number of aryl methyl sites for hydroxylation is 1. The van der Waals surface area contributed by atoms with E-state index in [2.05, 4.69) is 20.2 Å². The summed E-state index contributed by atoms with van der Waals surface area (Å²) in [6.45, 7) is 1.48. The van der Waals surface area contributed by atoms with Gasteiger partial charge in [0.25, 0.3) is 5.71 Å². The van der Waals surface area contributed by atoms with Crippen LogP contribution in [0.15, 0.2) is 65.7 Å². The fraction of sp³-hybridized carbons (Fsp3) is 0.143. The molecule has 0 aliphatic heterocycles. The molecule has 0 radical (unpaired) electrons. The molecule has 5 rings (SSSR count).